The number of hydrogen-bond acceptors (Lipinski definition) is 2. The summed E-state index contributed by atoms with van der Waals surface area (Å²) < 4.78 is 0. The normalized spacial score (nSPS) is 11.1. The number of nitrogens with one attached hydrogen (secondary N) is 1. The lowest BCUT2D eigenvalue weighted by Gasteiger charge is -2.31. The van der Waals surface area contributed by atoms with Gasteiger partial charge in [-0.1, -0.05) is 19.9 Å². The number of allylic oxidation sites excluding steroid dienone is 1. The molecule has 0 rings (SSSR count). The fraction of sp³-hybridized carbons (Fsp3) is 0.727. The number of nitrogens with two attached hydrogens (primary N) is 1. The molecule has 0 fully saturated rings. The fourth-order valence-electron chi connectivity index (χ4n) is 1.36. The largest absolute Gasteiger partial charge is 0.349 e. The van der Waals surface area contributed by atoms with Crippen molar-refractivity contribution in [3.63, 3.8) is 0 Å². The van der Waals surface area contributed by atoms with E-state index >= 15 is 0 Å². The molecule has 3 nitrogen and oxygen atoms in total. The summed E-state index contributed by atoms with van der Waals surface area (Å²) in [6.07, 6.45) is 4.73. The van der Waals surface area contributed by atoms with Gasteiger partial charge in [0.25, 0.3) is 0 Å². The van der Waals surface area contributed by atoms with Crippen LogP contribution in [0.4, 0.5) is 0 Å². The zero-order chi connectivity index (χ0) is 11.0. The molecule has 0 aliphatic heterocycles. The van der Waals surface area contributed by atoms with Crippen molar-refractivity contribution in [3.8, 4) is 0 Å². The first-order valence-electron chi connectivity index (χ1n) is 5.26. The standard InChI is InChI=1S/C11H22N2O/c1-4-7-8-10(14)13-11(5-2,6-3)9-12/h4H,1,5-9,12H2,2-3H3,(H,13,14). The molecule has 0 aromatic heterocycles. The summed E-state index contributed by atoms with van der Waals surface area (Å²) in [5, 5.41) is 3.00. The van der Waals surface area contributed by atoms with Crippen LogP contribution in [0.15, 0.2) is 12.7 Å². The van der Waals surface area contributed by atoms with Crippen LogP contribution in [0.2, 0.25) is 0 Å². The Morgan fingerprint density at radius 2 is 2.07 bits per heavy atom. The van der Waals surface area contributed by atoms with Crippen molar-refractivity contribution in [2.24, 2.45) is 5.73 Å². The predicted octanol–water partition coefficient (Wildman–Crippen LogP) is 1.59. The number of hydrogen-bond donors (Lipinski definition) is 2. The molecule has 0 radical (unpaired) electrons. The molecule has 0 aromatic rings. The van der Waals surface area contributed by atoms with Crippen molar-refractivity contribution in [1.82, 2.24) is 5.32 Å². The molecule has 0 atom stereocenters. The molecule has 0 saturated heterocycles. The molecule has 0 aliphatic carbocycles. The van der Waals surface area contributed by atoms with E-state index in [-0.39, 0.29) is 11.4 Å². The van der Waals surface area contributed by atoms with Gasteiger partial charge in [-0.05, 0) is 19.3 Å². The van der Waals surface area contributed by atoms with E-state index in [0.29, 0.717) is 13.0 Å². The topological polar surface area (TPSA) is 55.1 Å². The Kier molecular flexibility index (Phi) is 6.21. The van der Waals surface area contributed by atoms with E-state index in [1.54, 1.807) is 6.08 Å². The van der Waals surface area contributed by atoms with Crippen LogP contribution >= 0.6 is 0 Å². The third kappa shape index (κ3) is 3.92. The number of carbonyl (C=O) groups is 1. The molecule has 0 saturated carbocycles. The molecule has 0 unspecified atom stereocenters. The smallest absolute Gasteiger partial charge is 0.220 e. The maximum Gasteiger partial charge on any atom is 0.220 e. The van der Waals surface area contributed by atoms with Gasteiger partial charge in [-0.3, -0.25) is 4.79 Å². The van der Waals surface area contributed by atoms with E-state index in [4.69, 9.17) is 5.73 Å². The quantitative estimate of drug-likeness (QED) is 0.610. The molecule has 0 bridgehead atoms. The average molecular weight is 198 g/mol. The van der Waals surface area contributed by atoms with Gasteiger partial charge in [-0.2, -0.15) is 0 Å². The molecular formula is C11H22N2O. The maximum atomic E-state index is 11.5. The van der Waals surface area contributed by atoms with Crippen LogP contribution in [-0.2, 0) is 4.79 Å². The Hall–Kier alpha value is -0.830. The van der Waals surface area contributed by atoms with Gasteiger partial charge in [-0.25, -0.2) is 0 Å². The highest BCUT2D eigenvalue weighted by Gasteiger charge is 2.25. The minimum absolute atomic E-state index is 0.0686. The Morgan fingerprint density at radius 3 is 2.43 bits per heavy atom. The Bertz CT molecular complexity index is 177. The van der Waals surface area contributed by atoms with Crippen molar-refractivity contribution in [3.05, 3.63) is 12.7 Å². The molecule has 3 heteroatoms. The van der Waals surface area contributed by atoms with Gasteiger partial charge >= 0.3 is 0 Å². The summed E-state index contributed by atoms with van der Waals surface area (Å²) in [6, 6.07) is 0. The lowest BCUT2D eigenvalue weighted by molar-refractivity contribution is -0.123. The number of rotatable bonds is 7. The minimum atomic E-state index is -0.210. The molecule has 1 amide bonds. The highest BCUT2D eigenvalue weighted by Crippen LogP contribution is 2.13. The SMILES string of the molecule is C=CCCC(=O)NC(CC)(CC)CN. The second-order valence-electron chi connectivity index (χ2n) is 3.57. The Labute approximate surface area is 86.8 Å². The van der Waals surface area contributed by atoms with Crippen LogP contribution in [0, 0.1) is 0 Å². The van der Waals surface area contributed by atoms with Crippen LogP contribution < -0.4 is 11.1 Å². The highest BCUT2D eigenvalue weighted by molar-refractivity contribution is 5.76. The van der Waals surface area contributed by atoms with Crippen molar-refractivity contribution in [2.75, 3.05) is 6.54 Å². The Balaban J connectivity index is 4.14. The fourth-order valence-corrected chi connectivity index (χ4v) is 1.36. The van der Waals surface area contributed by atoms with E-state index < -0.39 is 0 Å². The van der Waals surface area contributed by atoms with Gasteiger partial charge in [0.2, 0.25) is 5.91 Å². The average Bonchev–Trinajstić information content (AvgIpc) is 2.23. The van der Waals surface area contributed by atoms with Gasteiger partial charge in [0, 0.05) is 13.0 Å². The summed E-state index contributed by atoms with van der Waals surface area (Å²) in [5.74, 6) is 0.0686. The molecule has 0 aliphatic rings. The van der Waals surface area contributed by atoms with E-state index in [2.05, 4.69) is 11.9 Å². The molecule has 0 aromatic carbocycles. The zero-order valence-electron chi connectivity index (χ0n) is 9.31. The van der Waals surface area contributed by atoms with Crippen LogP contribution in [0.1, 0.15) is 39.5 Å². The van der Waals surface area contributed by atoms with Crippen LogP contribution in [0.25, 0.3) is 0 Å². The van der Waals surface area contributed by atoms with Crippen LogP contribution in [0.3, 0.4) is 0 Å². The van der Waals surface area contributed by atoms with E-state index in [0.717, 1.165) is 19.3 Å². The lowest BCUT2D eigenvalue weighted by atomic mass is 9.92. The first kappa shape index (κ1) is 13.2. The molecule has 82 valence electrons. The van der Waals surface area contributed by atoms with Crippen molar-refractivity contribution in [2.45, 2.75) is 45.1 Å². The number of carbonyl (C=O) groups excluding carboxylic acids is 1. The first-order valence-corrected chi connectivity index (χ1v) is 5.26. The summed E-state index contributed by atoms with van der Waals surface area (Å²) in [5.41, 5.74) is 5.46. The van der Waals surface area contributed by atoms with Gasteiger partial charge in [0.15, 0.2) is 0 Å². The monoisotopic (exact) mass is 198 g/mol. The van der Waals surface area contributed by atoms with Crippen molar-refractivity contribution in [1.29, 1.82) is 0 Å². The molecule has 0 heterocycles. The first-order chi connectivity index (χ1) is 6.64. The van der Waals surface area contributed by atoms with Crippen molar-refractivity contribution < 1.29 is 4.79 Å². The molecular weight excluding hydrogens is 176 g/mol. The second kappa shape index (κ2) is 6.60. The molecule has 14 heavy (non-hydrogen) atoms. The van der Waals surface area contributed by atoms with Gasteiger partial charge in [0.05, 0.1) is 5.54 Å². The molecule has 3 N–H and O–H groups in total. The van der Waals surface area contributed by atoms with E-state index in [9.17, 15) is 4.79 Å². The van der Waals surface area contributed by atoms with Crippen LogP contribution in [-0.4, -0.2) is 18.0 Å². The Morgan fingerprint density at radius 1 is 1.50 bits per heavy atom. The summed E-state index contributed by atoms with van der Waals surface area (Å²) >= 11 is 0. The third-order valence-corrected chi connectivity index (χ3v) is 2.72. The van der Waals surface area contributed by atoms with Crippen molar-refractivity contribution >= 4 is 5.91 Å². The molecule has 0 spiro atoms. The predicted molar refractivity (Wildman–Crippen MR) is 59.9 cm³/mol. The number of amides is 1. The summed E-state index contributed by atoms with van der Waals surface area (Å²) in [4.78, 5) is 11.5. The van der Waals surface area contributed by atoms with Crippen LogP contribution in [0.5, 0.6) is 0 Å². The summed E-state index contributed by atoms with van der Waals surface area (Å²) in [6.45, 7) is 8.18. The third-order valence-electron chi connectivity index (χ3n) is 2.72. The lowest BCUT2D eigenvalue weighted by Crippen LogP contribution is -2.52. The van der Waals surface area contributed by atoms with Gasteiger partial charge in [0.1, 0.15) is 0 Å². The van der Waals surface area contributed by atoms with E-state index in [1.165, 1.54) is 0 Å². The van der Waals surface area contributed by atoms with Gasteiger partial charge < -0.3 is 11.1 Å². The summed E-state index contributed by atoms with van der Waals surface area (Å²) in [7, 11) is 0. The second-order valence-corrected chi connectivity index (χ2v) is 3.57. The zero-order valence-corrected chi connectivity index (χ0v) is 9.31. The highest BCUT2D eigenvalue weighted by atomic mass is 16.1. The van der Waals surface area contributed by atoms with E-state index in [1.807, 2.05) is 13.8 Å². The maximum absolute atomic E-state index is 11.5. The minimum Gasteiger partial charge on any atom is -0.349 e. The van der Waals surface area contributed by atoms with Gasteiger partial charge in [-0.15, -0.1) is 6.58 Å².